The summed E-state index contributed by atoms with van der Waals surface area (Å²) in [5.74, 6) is 1.01. The molecule has 0 aliphatic carbocycles. The average Bonchev–Trinajstić information content (AvgIpc) is 3.54. The van der Waals surface area contributed by atoms with Crippen molar-refractivity contribution in [2.45, 2.75) is 11.8 Å². The fourth-order valence-corrected chi connectivity index (χ4v) is 5.25. The van der Waals surface area contributed by atoms with E-state index in [4.69, 9.17) is 16.3 Å². The Kier molecular flexibility index (Phi) is 6.84. The van der Waals surface area contributed by atoms with E-state index in [1.807, 2.05) is 48.5 Å². The predicted molar refractivity (Wildman–Crippen MR) is 143 cm³/mol. The molecule has 2 aromatic heterocycles. The zero-order valence-electron chi connectivity index (χ0n) is 18.9. The number of thiophene rings is 1. The smallest absolute Gasteiger partial charge is 0.186 e. The van der Waals surface area contributed by atoms with E-state index < -0.39 is 11.1 Å². The fourth-order valence-electron chi connectivity index (χ4n) is 3.66. The fraction of sp³-hybridized carbons (Fsp3) is 0.0370. The molecule has 5 aromatic rings. The maximum atomic E-state index is 12.3. The third-order valence-electron chi connectivity index (χ3n) is 5.37. The van der Waals surface area contributed by atoms with Crippen molar-refractivity contribution < 1.29 is 18.3 Å². The van der Waals surface area contributed by atoms with Crippen LogP contribution in [0.4, 0.5) is 0 Å². The van der Waals surface area contributed by atoms with Crippen LogP contribution in [0, 0.1) is 0 Å². The van der Waals surface area contributed by atoms with Crippen LogP contribution in [0.1, 0.15) is 17.4 Å². The lowest BCUT2D eigenvalue weighted by molar-refractivity contribution is 0.101. The van der Waals surface area contributed by atoms with Gasteiger partial charge in [0, 0.05) is 16.8 Å². The summed E-state index contributed by atoms with van der Waals surface area (Å²) >= 11 is 5.77. The molecule has 1 unspecified atom stereocenters. The normalized spacial score (nSPS) is 11.9. The standard InChI is InChI=1S/C27H19ClN2O4S2/c1-17(31)22-16-24(27-13-12-26(35-27)18-6-5-9-21(14-18)36(32)33)30(29-22)23-15-19(28)10-11-25(23)34-20-7-3-2-4-8-20/h2-16H,1H3,(H,32,33). The number of nitrogens with zero attached hydrogens (tertiary/aromatic N) is 2. The molecule has 1 atom stereocenters. The molecule has 6 nitrogen and oxygen atoms in total. The van der Waals surface area contributed by atoms with Crippen LogP contribution in [0.25, 0.3) is 26.7 Å². The number of para-hydroxylation sites is 1. The van der Waals surface area contributed by atoms with Gasteiger partial charge in [-0.15, -0.1) is 11.3 Å². The maximum absolute atomic E-state index is 12.3. The van der Waals surface area contributed by atoms with Gasteiger partial charge in [-0.2, -0.15) is 5.10 Å². The van der Waals surface area contributed by atoms with E-state index in [0.717, 1.165) is 15.3 Å². The summed E-state index contributed by atoms with van der Waals surface area (Å²) in [5.41, 5.74) is 2.41. The molecule has 0 bridgehead atoms. The minimum Gasteiger partial charge on any atom is -0.455 e. The number of ketones is 1. The number of rotatable bonds is 7. The Balaban J connectivity index is 1.62. The molecule has 3 aromatic carbocycles. The lowest BCUT2D eigenvalue weighted by atomic mass is 10.2. The van der Waals surface area contributed by atoms with Gasteiger partial charge in [-0.1, -0.05) is 41.9 Å². The van der Waals surface area contributed by atoms with Crippen molar-refractivity contribution in [2.24, 2.45) is 0 Å². The Hall–Kier alpha value is -3.56. The second kappa shape index (κ2) is 10.2. The van der Waals surface area contributed by atoms with Gasteiger partial charge in [0.05, 0.1) is 15.5 Å². The van der Waals surface area contributed by atoms with E-state index >= 15 is 0 Å². The van der Waals surface area contributed by atoms with Crippen molar-refractivity contribution in [1.82, 2.24) is 9.78 Å². The summed E-state index contributed by atoms with van der Waals surface area (Å²) in [7, 11) is 0. The molecule has 0 aliphatic heterocycles. The number of hydrogen-bond acceptors (Lipinski definition) is 5. The van der Waals surface area contributed by atoms with Gasteiger partial charge in [-0.05, 0) is 66.2 Å². The molecule has 36 heavy (non-hydrogen) atoms. The number of halogens is 1. The Morgan fingerprint density at radius 1 is 0.972 bits per heavy atom. The molecule has 0 aliphatic rings. The first-order valence-corrected chi connectivity index (χ1v) is 13.1. The molecule has 2 heterocycles. The Labute approximate surface area is 219 Å². The Morgan fingerprint density at radius 3 is 2.50 bits per heavy atom. The molecule has 180 valence electrons. The largest absolute Gasteiger partial charge is 0.455 e. The summed E-state index contributed by atoms with van der Waals surface area (Å²) in [6, 6.07) is 27.1. The number of carbonyl (C=O) groups excluding carboxylic acids is 1. The lowest BCUT2D eigenvalue weighted by Crippen LogP contribution is -2.03. The third kappa shape index (κ3) is 5.03. The number of benzene rings is 3. The SMILES string of the molecule is CC(=O)c1cc(-c2ccc(-c3cccc(S(=O)O)c3)s2)n(-c2cc(Cl)ccc2Oc2ccccc2)n1. The minimum atomic E-state index is -2.07. The van der Waals surface area contributed by atoms with Gasteiger partial charge in [0.25, 0.3) is 0 Å². The van der Waals surface area contributed by atoms with Crippen molar-refractivity contribution in [1.29, 1.82) is 0 Å². The highest BCUT2D eigenvalue weighted by atomic mass is 35.5. The number of Topliss-reactive ketones (excluding diaryl/α,β-unsaturated/α-hetero) is 1. The Morgan fingerprint density at radius 2 is 1.75 bits per heavy atom. The van der Waals surface area contributed by atoms with Crippen molar-refractivity contribution in [3.8, 4) is 38.2 Å². The molecule has 0 radical (unpaired) electrons. The van der Waals surface area contributed by atoms with E-state index in [-0.39, 0.29) is 5.78 Å². The highest BCUT2D eigenvalue weighted by molar-refractivity contribution is 7.79. The Bertz CT molecular complexity index is 1590. The van der Waals surface area contributed by atoms with E-state index in [1.165, 1.54) is 18.3 Å². The third-order valence-corrected chi connectivity index (χ3v) is 7.42. The first-order chi connectivity index (χ1) is 17.4. The molecule has 0 saturated heterocycles. The van der Waals surface area contributed by atoms with E-state index in [2.05, 4.69) is 5.10 Å². The molecular formula is C27H19ClN2O4S2. The zero-order valence-corrected chi connectivity index (χ0v) is 21.3. The molecular weight excluding hydrogens is 516 g/mol. The van der Waals surface area contributed by atoms with Crippen molar-refractivity contribution in [3.63, 3.8) is 0 Å². The monoisotopic (exact) mass is 534 g/mol. The minimum absolute atomic E-state index is 0.169. The van der Waals surface area contributed by atoms with Gasteiger partial charge in [-0.25, -0.2) is 8.89 Å². The molecule has 0 amide bonds. The van der Waals surface area contributed by atoms with Crippen LogP contribution in [0.15, 0.2) is 95.9 Å². The first kappa shape index (κ1) is 24.1. The summed E-state index contributed by atoms with van der Waals surface area (Å²) in [6.45, 7) is 1.47. The van der Waals surface area contributed by atoms with Crippen LogP contribution >= 0.6 is 22.9 Å². The van der Waals surface area contributed by atoms with Gasteiger partial charge in [-0.3, -0.25) is 4.79 Å². The van der Waals surface area contributed by atoms with Crippen LogP contribution in [-0.2, 0) is 11.1 Å². The topological polar surface area (TPSA) is 81.4 Å². The molecule has 0 saturated carbocycles. The van der Waals surface area contributed by atoms with E-state index in [1.54, 1.807) is 47.1 Å². The van der Waals surface area contributed by atoms with Gasteiger partial charge >= 0.3 is 0 Å². The number of aromatic nitrogens is 2. The van der Waals surface area contributed by atoms with Crippen LogP contribution in [0.3, 0.4) is 0 Å². The van der Waals surface area contributed by atoms with Crippen LogP contribution in [0.2, 0.25) is 5.02 Å². The summed E-state index contributed by atoms with van der Waals surface area (Å²) < 4.78 is 28.8. The maximum Gasteiger partial charge on any atom is 0.186 e. The highest BCUT2D eigenvalue weighted by Gasteiger charge is 2.20. The van der Waals surface area contributed by atoms with Crippen molar-refractivity contribution >= 4 is 39.8 Å². The summed E-state index contributed by atoms with van der Waals surface area (Å²) in [4.78, 5) is 14.3. The van der Waals surface area contributed by atoms with Gasteiger partial charge < -0.3 is 9.29 Å². The van der Waals surface area contributed by atoms with E-state index in [9.17, 15) is 13.6 Å². The van der Waals surface area contributed by atoms with Crippen LogP contribution in [0.5, 0.6) is 11.5 Å². The quantitative estimate of drug-likeness (QED) is 0.173. The van der Waals surface area contributed by atoms with Crippen LogP contribution in [-0.4, -0.2) is 24.3 Å². The molecule has 9 heteroatoms. The summed E-state index contributed by atoms with van der Waals surface area (Å²) in [6.07, 6.45) is 0. The number of carbonyl (C=O) groups is 1. The highest BCUT2D eigenvalue weighted by Crippen LogP contribution is 2.39. The lowest BCUT2D eigenvalue weighted by Gasteiger charge is -2.13. The van der Waals surface area contributed by atoms with Crippen LogP contribution < -0.4 is 4.74 Å². The second-order valence-corrected chi connectivity index (χ2v) is 10.3. The number of hydrogen-bond donors (Lipinski definition) is 1. The summed E-state index contributed by atoms with van der Waals surface area (Å²) in [5, 5.41) is 5.08. The molecule has 5 rings (SSSR count). The number of ether oxygens (including phenoxy) is 1. The predicted octanol–water partition coefficient (Wildman–Crippen LogP) is 7.50. The zero-order chi connectivity index (χ0) is 25.2. The van der Waals surface area contributed by atoms with Crippen molar-refractivity contribution in [2.75, 3.05) is 0 Å². The van der Waals surface area contributed by atoms with Gasteiger partial charge in [0.1, 0.15) is 17.1 Å². The average molecular weight is 535 g/mol. The molecule has 0 fully saturated rings. The van der Waals surface area contributed by atoms with Gasteiger partial charge in [0.15, 0.2) is 22.6 Å². The first-order valence-electron chi connectivity index (χ1n) is 10.8. The second-order valence-electron chi connectivity index (χ2n) is 7.85. The van der Waals surface area contributed by atoms with Gasteiger partial charge in [0.2, 0.25) is 0 Å². The molecule has 0 spiro atoms. The van der Waals surface area contributed by atoms with Crippen molar-refractivity contribution in [3.05, 3.63) is 102 Å². The van der Waals surface area contributed by atoms with E-state index in [0.29, 0.717) is 38.5 Å². The molecule has 1 N–H and O–H groups in total.